The molecular weight excluding hydrogens is 616 g/mol. The number of nitrogens with two attached hydrogens (primary N) is 1. The van der Waals surface area contributed by atoms with E-state index < -0.39 is 78.0 Å². The molecule has 2 aliphatic rings. The molecule has 9 N–H and O–H groups in total. The molecule has 0 saturated carbocycles. The fourth-order valence-electron chi connectivity index (χ4n) is 3.58. The van der Waals surface area contributed by atoms with E-state index in [-0.39, 0.29) is 21.7 Å². The van der Waals surface area contributed by atoms with Crippen molar-refractivity contribution in [2.45, 2.75) is 49.1 Å². The summed E-state index contributed by atoms with van der Waals surface area (Å²) in [5.41, 5.74) is 6.07. The molecule has 0 spiro atoms. The molecule has 0 bridgehead atoms. The van der Waals surface area contributed by atoms with Crippen LogP contribution in [0.1, 0.15) is 6.23 Å². The Labute approximate surface area is 214 Å². The average Bonchev–Trinajstić information content (AvgIpc) is 3.38. The molecule has 19 nitrogen and oxygen atoms in total. The normalized spacial score (nSPS) is 35.6. The molecule has 2 aromatic heterocycles. The number of aromatic nitrogens is 4. The van der Waals surface area contributed by atoms with Gasteiger partial charge in [-0.25, -0.2) is 24.1 Å². The zero-order valence-corrected chi connectivity index (χ0v) is 21.6. The number of anilines is 1. The first kappa shape index (κ1) is 28.8. The smallest absolute Gasteiger partial charge is 0.387 e. The molecule has 208 valence electrons. The van der Waals surface area contributed by atoms with Crippen LogP contribution in [0.2, 0.25) is 0 Å². The van der Waals surface area contributed by atoms with Gasteiger partial charge in [0.15, 0.2) is 34.2 Å². The molecular formula is C15H22BrN5O14P2. The van der Waals surface area contributed by atoms with Crippen molar-refractivity contribution in [1.82, 2.24) is 19.5 Å². The van der Waals surface area contributed by atoms with Gasteiger partial charge in [0.05, 0.1) is 13.2 Å². The molecule has 2 saturated heterocycles. The lowest BCUT2D eigenvalue weighted by atomic mass is 10.1. The fourth-order valence-corrected chi connectivity index (χ4v) is 6.22. The predicted octanol–water partition coefficient (Wildman–Crippen LogP) is -2.52. The van der Waals surface area contributed by atoms with Crippen LogP contribution in [-0.2, 0) is 32.0 Å². The molecule has 4 rings (SSSR count). The fraction of sp³-hybridized carbons (Fsp3) is 0.667. The van der Waals surface area contributed by atoms with Crippen molar-refractivity contribution < 1.29 is 67.3 Å². The third kappa shape index (κ3) is 6.03. The highest BCUT2D eigenvalue weighted by atomic mass is 79.9. The molecule has 2 fully saturated rings. The maximum atomic E-state index is 12.2. The van der Waals surface area contributed by atoms with E-state index >= 15 is 0 Å². The summed E-state index contributed by atoms with van der Waals surface area (Å²) in [5, 5.41) is 49.2. The van der Waals surface area contributed by atoms with Crippen molar-refractivity contribution in [3.05, 3.63) is 11.1 Å². The molecule has 2 aliphatic heterocycles. The van der Waals surface area contributed by atoms with Crippen molar-refractivity contribution in [2.24, 2.45) is 0 Å². The predicted molar refractivity (Wildman–Crippen MR) is 119 cm³/mol. The van der Waals surface area contributed by atoms with Gasteiger partial charge in [-0.2, -0.15) is 4.31 Å². The Balaban J connectivity index is 1.36. The number of phosphoric ester groups is 2. The number of nitrogens with zero attached hydrogens (tertiary/aromatic N) is 4. The van der Waals surface area contributed by atoms with Crippen molar-refractivity contribution in [3.63, 3.8) is 0 Å². The number of aliphatic hydroxyl groups is 5. The van der Waals surface area contributed by atoms with Gasteiger partial charge in [-0.1, -0.05) is 0 Å². The number of aliphatic hydroxyl groups excluding tert-OH is 5. The van der Waals surface area contributed by atoms with E-state index in [4.69, 9.17) is 15.2 Å². The number of rotatable bonds is 9. The summed E-state index contributed by atoms with van der Waals surface area (Å²) in [5.74, 6) is 0.0350. The minimum absolute atomic E-state index is 0.0350. The van der Waals surface area contributed by atoms with Gasteiger partial charge in [0.1, 0.15) is 43.0 Å². The van der Waals surface area contributed by atoms with E-state index in [1.165, 1.54) is 4.57 Å². The summed E-state index contributed by atoms with van der Waals surface area (Å²) in [6.07, 6.45) is -11.5. The Hall–Kier alpha value is -1.19. The van der Waals surface area contributed by atoms with Gasteiger partial charge in [-0.15, -0.1) is 0 Å². The summed E-state index contributed by atoms with van der Waals surface area (Å²) in [4.78, 5) is 31.5. The van der Waals surface area contributed by atoms with Crippen LogP contribution in [0, 0.1) is 0 Å². The van der Waals surface area contributed by atoms with Gasteiger partial charge in [-0.3, -0.25) is 13.6 Å². The number of nitrogen functional groups attached to an aromatic ring is 1. The summed E-state index contributed by atoms with van der Waals surface area (Å²) >= 11 is 3.17. The summed E-state index contributed by atoms with van der Waals surface area (Å²) in [6.45, 7) is -1.81. The van der Waals surface area contributed by atoms with E-state index in [2.05, 4.69) is 44.2 Å². The Morgan fingerprint density at radius 2 is 1.51 bits per heavy atom. The monoisotopic (exact) mass is 637 g/mol. The van der Waals surface area contributed by atoms with E-state index in [9.17, 15) is 44.4 Å². The number of fused-ring (bicyclic) bond motifs is 1. The Bertz CT molecular complexity index is 1240. The van der Waals surface area contributed by atoms with Crippen LogP contribution >= 0.6 is 31.6 Å². The minimum atomic E-state index is -5.33. The molecule has 2 aromatic rings. The van der Waals surface area contributed by atoms with E-state index in [0.29, 0.717) is 0 Å². The highest BCUT2D eigenvalue weighted by Gasteiger charge is 2.47. The second-order valence-electron chi connectivity index (χ2n) is 7.88. The number of halogens is 1. The van der Waals surface area contributed by atoms with Crippen LogP contribution in [0.15, 0.2) is 11.1 Å². The number of hydrogen-bond acceptors (Lipinski definition) is 16. The second-order valence-corrected chi connectivity index (χ2v) is 11.6. The van der Waals surface area contributed by atoms with E-state index in [1.807, 2.05) is 0 Å². The number of hydrogen-bond donors (Lipinski definition) is 8. The van der Waals surface area contributed by atoms with Crippen LogP contribution in [0.5, 0.6) is 0 Å². The van der Waals surface area contributed by atoms with Gasteiger partial charge in [-0.05, 0) is 15.9 Å². The Morgan fingerprint density at radius 3 is 2.08 bits per heavy atom. The van der Waals surface area contributed by atoms with Crippen LogP contribution in [0.25, 0.3) is 11.2 Å². The largest absolute Gasteiger partial charge is 0.481 e. The number of ether oxygens (including phenoxy) is 2. The first-order valence-electron chi connectivity index (χ1n) is 10.2. The van der Waals surface area contributed by atoms with Gasteiger partial charge in [0.2, 0.25) is 0 Å². The van der Waals surface area contributed by atoms with Crippen molar-refractivity contribution >= 4 is 48.6 Å². The summed E-state index contributed by atoms with van der Waals surface area (Å²) in [6, 6.07) is 0. The maximum absolute atomic E-state index is 12.2. The zero-order valence-electron chi connectivity index (χ0n) is 18.2. The van der Waals surface area contributed by atoms with Crippen molar-refractivity contribution in [3.8, 4) is 0 Å². The van der Waals surface area contributed by atoms with Crippen LogP contribution < -0.4 is 5.73 Å². The SMILES string of the molecule is Nc1ncnc2c1nc(Br)n2[C@@H]1O[C@H](COP(=O)(O)OP(=O)(O)OC[C@H]2O[C@H](O)C(O)[C@H]2O)C(O)[C@@H]1O. The molecule has 10 atom stereocenters. The highest BCUT2D eigenvalue weighted by molar-refractivity contribution is 9.10. The average molecular weight is 638 g/mol. The highest BCUT2D eigenvalue weighted by Crippen LogP contribution is 2.60. The standard InChI is InChI=1S/C15H22BrN5O14P2/c16-15-20-6-11(17)18-3-19-12(6)21(15)13-9(24)7(22)4(33-13)1-31-36(27,28)35-37(29,30)32-2-5-8(23)10(25)14(26)34-5/h3-5,7-10,13-14,22-26H,1-2H2,(H,27,28)(H,29,30)(H2,17,18,19)/t4-,5-,7?,8+,9+,10?,13-,14+/m1/s1. The molecule has 0 amide bonds. The van der Waals surface area contributed by atoms with Crippen LogP contribution in [0.4, 0.5) is 5.82 Å². The van der Waals surface area contributed by atoms with Gasteiger partial charge in [0.25, 0.3) is 0 Å². The van der Waals surface area contributed by atoms with Gasteiger partial charge < -0.3 is 50.5 Å². The lowest BCUT2D eigenvalue weighted by Gasteiger charge is -2.20. The molecule has 37 heavy (non-hydrogen) atoms. The lowest BCUT2D eigenvalue weighted by molar-refractivity contribution is -0.132. The topological polar surface area (TPSA) is 292 Å². The lowest BCUT2D eigenvalue weighted by Crippen LogP contribution is -2.34. The number of imidazole rings is 1. The first-order valence-corrected chi connectivity index (χ1v) is 14.0. The van der Waals surface area contributed by atoms with E-state index in [1.54, 1.807) is 0 Å². The molecule has 22 heteroatoms. The third-order valence-electron chi connectivity index (χ3n) is 5.40. The molecule has 0 aromatic carbocycles. The molecule has 4 heterocycles. The number of phosphoric acid groups is 2. The minimum Gasteiger partial charge on any atom is -0.387 e. The Kier molecular flexibility index (Phi) is 8.38. The van der Waals surface area contributed by atoms with Gasteiger partial charge >= 0.3 is 15.6 Å². The summed E-state index contributed by atoms with van der Waals surface area (Å²) < 4.78 is 49.1. The summed E-state index contributed by atoms with van der Waals surface area (Å²) in [7, 11) is -10.6. The first-order chi connectivity index (χ1) is 17.2. The molecule has 0 radical (unpaired) electrons. The van der Waals surface area contributed by atoms with E-state index in [0.717, 1.165) is 6.33 Å². The maximum Gasteiger partial charge on any atom is 0.481 e. The Morgan fingerprint density at radius 1 is 0.946 bits per heavy atom. The van der Waals surface area contributed by atoms with Crippen LogP contribution in [0.3, 0.4) is 0 Å². The quantitative estimate of drug-likeness (QED) is 0.104. The van der Waals surface area contributed by atoms with Gasteiger partial charge in [0, 0.05) is 0 Å². The molecule has 0 aliphatic carbocycles. The van der Waals surface area contributed by atoms with Crippen molar-refractivity contribution in [1.29, 1.82) is 0 Å². The molecule has 4 unspecified atom stereocenters. The second kappa shape index (κ2) is 10.8. The van der Waals surface area contributed by atoms with Crippen molar-refractivity contribution in [2.75, 3.05) is 18.9 Å². The van der Waals surface area contributed by atoms with Crippen LogP contribution in [-0.4, -0.2) is 111 Å². The third-order valence-corrected chi connectivity index (χ3v) is 8.56. The zero-order chi connectivity index (χ0) is 27.3.